The van der Waals surface area contributed by atoms with Gasteiger partial charge in [0.2, 0.25) is 5.91 Å². The van der Waals surface area contributed by atoms with Gasteiger partial charge in [-0.1, -0.05) is 6.92 Å². The van der Waals surface area contributed by atoms with Crippen LogP contribution in [0.1, 0.15) is 26.2 Å². The molecule has 2 N–H and O–H groups in total. The third-order valence-corrected chi connectivity index (χ3v) is 6.38. The maximum absolute atomic E-state index is 12.0. The molecule has 98 valence electrons. The van der Waals surface area contributed by atoms with Crippen molar-refractivity contribution in [3.63, 3.8) is 0 Å². The van der Waals surface area contributed by atoms with Crippen molar-refractivity contribution in [3.8, 4) is 0 Å². The summed E-state index contributed by atoms with van der Waals surface area (Å²) in [5.74, 6) is 0.288. The van der Waals surface area contributed by atoms with Gasteiger partial charge < -0.3 is 10.6 Å². The Labute approximate surface area is 102 Å². The molecular weight excluding hydrogens is 240 g/mol. The molecule has 17 heavy (non-hydrogen) atoms. The number of nitrogens with one attached hydrogen (secondary N) is 2. The molecule has 0 radical (unpaired) electrons. The normalized spacial score (nSPS) is 35.2. The monoisotopic (exact) mass is 260 g/mol. The van der Waals surface area contributed by atoms with E-state index in [0.29, 0.717) is 38.2 Å². The highest BCUT2D eigenvalue weighted by Gasteiger charge is 2.51. The van der Waals surface area contributed by atoms with Crippen molar-refractivity contribution in [3.05, 3.63) is 0 Å². The zero-order valence-electron chi connectivity index (χ0n) is 10.2. The molecule has 2 unspecified atom stereocenters. The molecule has 0 saturated carbocycles. The molecule has 2 rings (SSSR count). The fourth-order valence-electron chi connectivity index (χ4n) is 2.97. The van der Waals surface area contributed by atoms with Crippen LogP contribution in [0.5, 0.6) is 0 Å². The van der Waals surface area contributed by atoms with Gasteiger partial charge >= 0.3 is 0 Å². The van der Waals surface area contributed by atoms with Crippen molar-refractivity contribution in [2.45, 2.75) is 31.4 Å². The Bertz CT molecular complexity index is 407. The third-order valence-electron chi connectivity index (χ3n) is 3.99. The van der Waals surface area contributed by atoms with Crippen LogP contribution >= 0.6 is 0 Å². The highest BCUT2D eigenvalue weighted by molar-refractivity contribution is 7.92. The molecule has 2 heterocycles. The first-order valence-corrected chi connectivity index (χ1v) is 7.91. The maximum atomic E-state index is 12.0. The van der Waals surface area contributed by atoms with Crippen molar-refractivity contribution in [1.29, 1.82) is 0 Å². The summed E-state index contributed by atoms with van der Waals surface area (Å²) in [4.78, 5) is 11.3. The van der Waals surface area contributed by atoms with Crippen LogP contribution in [-0.4, -0.2) is 45.0 Å². The minimum Gasteiger partial charge on any atom is -0.355 e. The van der Waals surface area contributed by atoms with E-state index in [0.717, 1.165) is 6.42 Å². The summed E-state index contributed by atoms with van der Waals surface area (Å²) in [6, 6.07) is 0. The number of hydrogen-bond acceptors (Lipinski definition) is 4. The van der Waals surface area contributed by atoms with Crippen LogP contribution in [0.15, 0.2) is 0 Å². The molecule has 0 bridgehead atoms. The molecule has 2 atom stereocenters. The Kier molecular flexibility index (Phi) is 3.45. The molecule has 0 spiro atoms. The van der Waals surface area contributed by atoms with Gasteiger partial charge in [-0.2, -0.15) is 0 Å². The maximum Gasteiger partial charge on any atom is 0.219 e. The molecule has 0 aromatic rings. The molecule has 2 fully saturated rings. The molecule has 0 aromatic carbocycles. The largest absolute Gasteiger partial charge is 0.355 e. The Morgan fingerprint density at radius 2 is 2.29 bits per heavy atom. The molecule has 1 amide bonds. The smallest absolute Gasteiger partial charge is 0.219 e. The molecule has 5 nitrogen and oxygen atoms in total. The van der Waals surface area contributed by atoms with Gasteiger partial charge in [0.25, 0.3) is 0 Å². The fraction of sp³-hybridized carbons (Fsp3) is 0.909. The first-order valence-electron chi connectivity index (χ1n) is 6.19. The number of carbonyl (C=O) groups excluding carboxylic acids is 1. The van der Waals surface area contributed by atoms with E-state index >= 15 is 0 Å². The predicted molar refractivity (Wildman–Crippen MR) is 65.4 cm³/mol. The summed E-state index contributed by atoms with van der Waals surface area (Å²) in [6.45, 7) is 3.51. The summed E-state index contributed by atoms with van der Waals surface area (Å²) in [5, 5.41) is 5.71. The first-order chi connectivity index (χ1) is 8.00. The number of carbonyl (C=O) groups is 1. The van der Waals surface area contributed by atoms with Crippen molar-refractivity contribution >= 4 is 15.7 Å². The van der Waals surface area contributed by atoms with E-state index in [4.69, 9.17) is 0 Å². The minimum atomic E-state index is -2.99. The van der Waals surface area contributed by atoms with Crippen molar-refractivity contribution < 1.29 is 13.2 Å². The minimum absolute atomic E-state index is 0.00648. The van der Waals surface area contributed by atoms with Crippen LogP contribution in [0.3, 0.4) is 0 Å². The highest BCUT2D eigenvalue weighted by atomic mass is 32.2. The van der Waals surface area contributed by atoms with E-state index < -0.39 is 9.84 Å². The number of sulfone groups is 1. The zero-order chi connectivity index (χ0) is 12.5. The molecule has 0 aromatic heterocycles. The van der Waals surface area contributed by atoms with Crippen LogP contribution in [0.2, 0.25) is 0 Å². The van der Waals surface area contributed by atoms with E-state index in [9.17, 15) is 13.2 Å². The van der Waals surface area contributed by atoms with Gasteiger partial charge in [-0.05, 0) is 12.8 Å². The van der Waals surface area contributed by atoms with Gasteiger partial charge in [0, 0.05) is 31.5 Å². The van der Waals surface area contributed by atoms with Gasteiger partial charge in [0.15, 0.2) is 9.84 Å². The van der Waals surface area contributed by atoms with Crippen molar-refractivity contribution in [2.24, 2.45) is 5.41 Å². The second-order valence-electron chi connectivity index (χ2n) is 5.08. The first kappa shape index (κ1) is 12.8. The quantitative estimate of drug-likeness (QED) is 0.729. The molecule has 2 saturated heterocycles. The van der Waals surface area contributed by atoms with Gasteiger partial charge in [-0.3, -0.25) is 4.79 Å². The third kappa shape index (κ3) is 2.33. The van der Waals surface area contributed by atoms with Crippen LogP contribution < -0.4 is 10.6 Å². The Balaban J connectivity index is 2.13. The van der Waals surface area contributed by atoms with Crippen LogP contribution in [-0.2, 0) is 14.6 Å². The molecule has 2 aliphatic heterocycles. The second-order valence-corrected chi connectivity index (χ2v) is 7.39. The van der Waals surface area contributed by atoms with E-state index in [2.05, 4.69) is 10.6 Å². The lowest BCUT2D eigenvalue weighted by molar-refractivity contribution is -0.121. The van der Waals surface area contributed by atoms with Crippen LogP contribution in [0.25, 0.3) is 0 Å². The lowest BCUT2D eigenvalue weighted by Gasteiger charge is -2.38. The standard InChI is InChI=1S/C11H20N2O3S/c1-2-10(14)13-8-11-4-3-5-17(15,16)9(11)6-12-7-11/h9,12H,2-8H2,1H3,(H,13,14). The Morgan fingerprint density at radius 1 is 1.53 bits per heavy atom. The fourth-order valence-corrected chi connectivity index (χ4v) is 5.22. The van der Waals surface area contributed by atoms with Gasteiger partial charge in [-0.25, -0.2) is 8.42 Å². The summed E-state index contributed by atoms with van der Waals surface area (Å²) in [5.41, 5.74) is -0.276. The summed E-state index contributed by atoms with van der Waals surface area (Å²) < 4.78 is 24.1. The lowest BCUT2D eigenvalue weighted by atomic mass is 9.81. The molecule has 0 aliphatic carbocycles. The average Bonchev–Trinajstić information content (AvgIpc) is 2.71. The molecule has 2 aliphatic rings. The number of hydrogen-bond donors (Lipinski definition) is 2. The second kappa shape index (κ2) is 4.57. The van der Waals surface area contributed by atoms with E-state index in [1.54, 1.807) is 6.92 Å². The van der Waals surface area contributed by atoms with Crippen molar-refractivity contribution in [1.82, 2.24) is 10.6 Å². The molecular formula is C11H20N2O3S. The number of fused-ring (bicyclic) bond motifs is 1. The Hall–Kier alpha value is -0.620. The Morgan fingerprint density at radius 3 is 3.00 bits per heavy atom. The van der Waals surface area contributed by atoms with Crippen LogP contribution in [0.4, 0.5) is 0 Å². The van der Waals surface area contributed by atoms with Gasteiger partial charge in [0.1, 0.15) is 0 Å². The summed E-state index contributed by atoms with van der Waals surface area (Å²) in [7, 11) is -2.99. The van der Waals surface area contributed by atoms with Crippen molar-refractivity contribution in [2.75, 3.05) is 25.4 Å². The van der Waals surface area contributed by atoms with E-state index in [1.165, 1.54) is 0 Å². The predicted octanol–water partition coefficient (Wildman–Crippen LogP) is -0.321. The van der Waals surface area contributed by atoms with Crippen LogP contribution in [0, 0.1) is 5.41 Å². The molecule has 6 heteroatoms. The van der Waals surface area contributed by atoms with Gasteiger partial charge in [-0.15, -0.1) is 0 Å². The number of amides is 1. The van der Waals surface area contributed by atoms with E-state index in [1.807, 2.05) is 0 Å². The highest BCUT2D eigenvalue weighted by Crippen LogP contribution is 2.39. The number of rotatable bonds is 3. The topological polar surface area (TPSA) is 75.3 Å². The summed E-state index contributed by atoms with van der Waals surface area (Å²) in [6.07, 6.45) is 2.04. The lowest BCUT2D eigenvalue weighted by Crippen LogP contribution is -2.51. The van der Waals surface area contributed by atoms with E-state index in [-0.39, 0.29) is 16.6 Å². The zero-order valence-corrected chi connectivity index (χ0v) is 11.0. The average molecular weight is 260 g/mol. The summed E-state index contributed by atoms with van der Waals surface area (Å²) >= 11 is 0. The van der Waals surface area contributed by atoms with Gasteiger partial charge in [0.05, 0.1) is 11.0 Å². The SMILES string of the molecule is CCC(=O)NCC12CCCS(=O)(=O)C1CNC2.